The van der Waals surface area contributed by atoms with Crippen LogP contribution in [-0.4, -0.2) is 15.3 Å². The number of halogens is 3. The Morgan fingerprint density at radius 1 is 0.967 bits per heavy atom. The number of hydrogen-bond donors (Lipinski definition) is 2. The van der Waals surface area contributed by atoms with Gasteiger partial charge < -0.3 is 14.8 Å². The van der Waals surface area contributed by atoms with Crippen LogP contribution in [-0.2, 0) is 11.8 Å². The number of rotatable bonds is 4. The Bertz CT molecular complexity index is 962. The average molecular weight is 419 g/mol. The van der Waals surface area contributed by atoms with Crippen LogP contribution >= 0.6 is 0 Å². The quantitative estimate of drug-likeness (QED) is 0.520. The van der Waals surface area contributed by atoms with Crippen molar-refractivity contribution < 1.29 is 22.7 Å². The third kappa shape index (κ3) is 4.64. The third-order valence-electron chi connectivity index (χ3n) is 4.90. The number of aliphatic hydroxyl groups is 1. The van der Waals surface area contributed by atoms with E-state index in [2.05, 4.69) is 15.5 Å². The van der Waals surface area contributed by atoms with Crippen molar-refractivity contribution in [3.63, 3.8) is 0 Å². The van der Waals surface area contributed by atoms with Crippen molar-refractivity contribution in [2.24, 2.45) is 0 Å². The Kier molecular flexibility index (Phi) is 6.45. The van der Waals surface area contributed by atoms with Crippen LogP contribution in [0.25, 0.3) is 11.5 Å². The Balaban J connectivity index is 0.00000124. The molecular formula is C22H24F3N3O2. The molecule has 2 aromatic carbocycles. The Morgan fingerprint density at radius 2 is 1.60 bits per heavy atom. The lowest BCUT2D eigenvalue weighted by Crippen LogP contribution is -2.21. The minimum absolute atomic E-state index is 0.198. The fourth-order valence-corrected chi connectivity index (χ4v) is 3.37. The summed E-state index contributed by atoms with van der Waals surface area (Å²) >= 11 is 0. The second kappa shape index (κ2) is 8.87. The van der Waals surface area contributed by atoms with Crippen LogP contribution in [0, 0.1) is 0 Å². The molecule has 1 fully saturated rings. The zero-order valence-corrected chi connectivity index (χ0v) is 16.8. The van der Waals surface area contributed by atoms with Gasteiger partial charge in [0, 0.05) is 5.69 Å². The second-order valence-electron chi connectivity index (χ2n) is 6.90. The lowest BCUT2D eigenvalue weighted by molar-refractivity contribution is -0.137. The first-order valence-corrected chi connectivity index (χ1v) is 9.95. The van der Waals surface area contributed by atoms with E-state index in [1.54, 1.807) is 24.3 Å². The van der Waals surface area contributed by atoms with Crippen molar-refractivity contribution in [1.82, 2.24) is 10.2 Å². The van der Waals surface area contributed by atoms with Gasteiger partial charge in [-0.05, 0) is 62.1 Å². The van der Waals surface area contributed by atoms with E-state index < -0.39 is 17.3 Å². The predicted octanol–water partition coefficient (Wildman–Crippen LogP) is 6.29. The van der Waals surface area contributed by atoms with E-state index in [9.17, 15) is 18.3 Å². The maximum absolute atomic E-state index is 12.7. The molecule has 1 aliphatic rings. The highest BCUT2D eigenvalue weighted by atomic mass is 19.4. The normalized spacial score (nSPS) is 15.4. The van der Waals surface area contributed by atoms with E-state index in [4.69, 9.17) is 4.42 Å². The molecule has 2 N–H and O–H groups in total. The predicted molar refractivity (Wildman–Crippen MR) is 108 cm³/mol. The molecule has 1 aromatic heterocycles. The van der Waals surface area contributed by atoms with Crippen molar-refractivity contribution in [2.75, 3.05) is 5.32 Å². The maximum atomic E-state index is 12.7. The molecule has 8 heteroatoms. The summed E-state index contributed by atoms with van der Waals surface area (Å²) in [5, 5.41) is 21.8. The van der Waals surface area contributed by atoms with Gasteiger partial charge in [-0.1, -0.05) is 26.0 Å². The molecular weight excluding hydrogens is 395 g/mol. The summed E-state index contributed by atoms with van der Waals surface area (Å²) < 4.78 is 43.9. The number of anilines is 2. The molecule has 0 atom stereocenters. The van der Waals surface area contributed by atoms with Crippen molar-refractivity contribution in [1.29, 1.82) is 0 Å². The van der Waals surface area contributed by atoms with Crippen molar-refractivity contribution in [3.05, 3.63) is 60.0 Å². The SMILES string of the molecule is CC.OC1(c2nnc(-c3ccccc3Nc3ccc(C(F)(F)F)cc3)o2)CCCC1. The van der Waals surface area contributed by atoms with Gasteiger partial charge in [-0.25, -0.2) is 0 Å². The molecule has 0 aliphatic heterocycles. The van der Waals surface area contributed by atoms with Gasteiger partial charge in [0.25, 0.3) is 0 Å². The number of para-hydroxylation sites is 1. The molecule has 1 heterocycles. The molecule has 1 aliphatic carbocycles. The highest BCUT2D eigenvalue weighted by Crippen LogP contribution is 2.39. The molecule has 1 saturated carbocycles. The summed E-state index contributed by atoms with van der Waals surface area (Å²) in [5.41, 5.74) is -0.0907. The van der Waals surface area contributed by atoms with Gasteiger partial charge in [-0.2, -0.15) is 13.2 Å². The summed E-state index contributed by atoms with van der Waals surface area (Å²) in [5.74, 6) is 0.440. The van der Waals surface area contributed by atoms with Gasteiger partial charge in [0.1, 0.15) is 5.60 Å². The molecule has 4 rings (SSSR count). The standard InChI is InChI=1S/C20H18F3N3O2.C2H6/c21-20(22,23)13-7-9-14(10-8-13)24-16-6-2-1-5-15(16)17-25-26-18(28-17)19(27)11-3-4-12-19;1-2/h1-2,5-10,24,27H,3-4,11-12H2;1-2H3. The van der Waals surface area contributed by atoms with Crippen LogP contribution < -0.4 is 5.32 Å². The molecule has 3 aromatic rings. The van der Waals surface area contributed by atoms with Crippen molar-refractivity contribution >= 4 is 11.4 Å². The fraction of sp³-hybridized carbons (Fsp3) is 0.364. The van der Waals surface area contributed by atoms with Crippen LogP contribution in [0.1, 0.15) is 51.0 Å². The van der Waals surface area contributed by atoms with Crippen LogP contribution in [0.5, 0.6) is 0 Å². The molecule has 160 valence electrons. The molecule has 5 nitrogen and oxygen atoms in total. The van der Waals surface area contributed by atoms with Gasteiger partial charge in [0.15, 0.2) is 0 Å². The lowest BCUT2D eigenvalue weighted by Gasteiger charge is -2.16. The first-order chi connectivity index (χ1) is 14.4. The van der Waals surface area contributed by atoms with Crippen molar-refractivity contribution in [2.45, 2.75) is 51.3 Å². The van der Waals surface area contributed by atoms with Gasteiger partial charge in [-0.15, -0.1) is 10.2 Å². The monoisotopic (exact) mass is 419 g/mol. The molecule has 30 heavy (non-hydrogen) atoms. The third-order valence-corrected chi connectivity index (χ3v) is 4.90. The zero-order valence-electron chi connectivity index (χ0n) is 16.8. The van der Waals surface area contributed by atoms with E-state index in [0.29, 0.717) is 29.8 Å². The number of aromatic nitrogens is 2. The Labute approximate surface area is 173 Å². The topological polar surface area (TPSA) is 71.2 Å². The molecule has 0 unspecified atom stereocenters. The van der Waals surface area contributed by atoms with E-state index in [0.717, 1.165) is 25.0 Å². The first-order valence-electron chi connectivity index (χ1n) is 9.95. The average Bonchev–Trinajstić information content (AvgIpc) is 3.40. The number of alkyl halides is 3. The van der Waals surface area contributed by atoms with E-state index in [-0.39, 0.29) is 11.8 Å². The minimum Gasteiger partial charge on any atom is -0.417 e. The van der Waals surface area contributed by atoms with Crippen molar-refractivity contribution in [3.8, 4) is 11.5 Å². The minimum atomic E-state index is -4.38. The molecule has 0 spiro atoms. The van der Waals surface area contributed by atoms with E-state index >= 15 is 0 Å². The fourth-order valence-electron chi connectivity index (χ4n) is 3.37. The van der Waals surface area contributed by atoms with Crippen LogP contribution in [0.2, 0.25) is 0 Å². The van der Waals surface area contributed by atoms with Gasteiger partial charge in [0.2, 0.25) is 11.8 Å². The summed E-state index contributed by atoms with van der Waals surface area (Å²) in [6, 6.07) is 11.9. The Morgan fingerprint density at radius 3 is 2.23 bits per heavy atom. The number of hydrogen-bond acceptors (Lipinski definition) is 5. The largest absolute Gasteiger partial charge is 0.417 e. The van der Waals surface area contributed by atoms with Gasteiger partial charge in [-0.3, -0.25) is 0 Å². The number of nitrogens with one attached hydrogen (secondary N) is 1. The summed E-state index contributed by atoms with van der Waals surface area (Å²) in [7, 11) is 0. The second-order valence-corrected chi connectivity index (χ2v) is 6.90. The van der Waals surface area contributed by atoms with Gasteiger partial charge in [0.05, 0.1) is 16.8 Å². The molecule has 0 radical (unpaired) electrons. The number of nitrogens with zero attached hydrogens (tertiary/aromatic N) is 2. The first kappa shape index (κ1) is 21.8. The highest BCUT2D eigenvalue weighted by molar-refractivity contribution is 5.76. The summed E-state index contributed by atoms with van der Waals surface area (Å²) in [6.07, 6.45) is -1.40. The van der Waals surface area contributed by atoms with Crippen LogP contribution in [0.3, 0.4) is 0 Å². The number of benzene rings is 2. The smallest absolute Gasteiger partial charge is 0.416 e. The highest BCUT2D eigenvalue weighted by Gasteiger charge is 2.38. The maximum Gasteiger partial charge on any atom is 0.416 e. The summed E-state index contributed by atoms with van der Waals surface area (Å²) in [4.78, 5) is 0. The van der Waals surface area contributed by atoms with E-state index in [1.807, 2.05) is 13.8 Å². The Hall–Kier alpha value is -2.87. The molecule has 0 amide bonds. The zero-order chi connectivity index (χ0) is 21.8. The van der Waals surface area contributed by atoms with Crippen LogP contribution in [0.4, 0.5) is 24.5 Å². The summed E-state index contributed by atoms with van der Waals surface area (Å²) in [6.45, 7) is 4.00. The lowest BCUT2D eigenvalue weighted by atomic mass is 10.0. The molecule has 0 bridgehead atoms. The van der Waals surface area contributed by atoms with E-state index in [1.165, 1.54) is 12.1 Å². The van der Waals surface area contributed by atoms with Gasteiger partial charge >= 0.3 is 6.18 Å². The molecule has 0 saturated heterocycles. The van der Waals surface area contributed by atoms with Crippen LogP contribution in [0.15, 0.2) is 52.9 Å².